The predicted octanol–water partition coefficient (Wildman–Crippen LogP) is 0.846. The minimum Gasteiger partial charge on any atom is -0.408 e. The van der Waals surface area contributed by atoms with Crippen LogP contribution in [0, 0.1) is 0 Å². The maximum absolute atomic E-state index is 12.6. The maximum atomic E-state index is 12.6. The van der Waals surface area contributed by atoms with Gasteiger partial charge >= 0.3 is 5.76 Å². The molecule has 0 aliphatic rings. The molecule has 0 bridgehead atoms. The summed E-state index contributed by atoms with van der Waals surface area (Å²) in [7, 11) is -2.37. The number of hydrogen-bond acceptors (Lipinski definition) is 6. The quantitative estimate of drug-likeness (QED) is 0.535. The Labute approximate surface area is 152 Å². The van der Waals surface area contributed by atoms with E-state index in [0.717, 1.165) is 0 Å². The van der Waals surface area contributed by atoms with Crippen molar-refractivity contribution in [3.8, 4) is 0 Å². The van der Waals surface area contributed by atoms with E-state index in [1.165, 1.54) is 29.8 Å². The van der Waals surface area contributed by atoms with Crippen LogP contribution in [-0.2, 0) is 23.6 Å². The molecule has 0 saturated carbocycles. The highest BCUT2D eigenvalue weighted by atomic mass is 32.2. The number of nitrogens with zero attached hydrogens (tertiary/aromatic N) is 2. The predicted molar refractivity (Wildman–Crippen MR) is 97.8 cm³/mol. The van der Waals surface area contributed by atoms with Crippen LogP contribution in [0.4, 0.5) is 0 Å². The Morgan fingerprint density at radius 1 is 1.19 bits per heavy atom. The van der Waals surface area contributed by atoms with Crippen molar-refractivity contribution in [3.05, 3.63) is 69.2 Å². The molecule has 9 nitrogen and oxygen atoms in total. The minimum absolute atomic E-state index is 0.0662. The van der Waals surface area contributed by atoms with E-state index >= 15 is 0 Å². The number of sulfonamides is 1. The molecule has 0 spiro atoms. The molecule has 2 heterocycles. The summed E-state index contributed by atoms with van der Waals surface area (Å²) in [5.41, 5.74) is 0.771. The molecule has 10 heteroatoms. The molecular weight excluding hydrogens is 372 g/mol. The van der Waals surface area contributed by atoms with Gasteiger partial charge in [0.1, 0.15) is 5.82 Å². The average Bonchev–Trinajstić information content (AvgIpc) is 3.02. The maximum Gasteiger partial charge on any atom is 0.417 e. The van der Waals surface area contributed by atoms with Gasteiger partial charge in [-0.15, -0.1) is 0 Å². The van der Waals surface area contributed by atoms with Gasteiger partial charge in [0.25, 0.3) is 5.56 Å². The molecular formula is C17H14N4O5S. The number of aromatic amines is 1. The fourth-order valence-corrected chi connectivity index (χ4v) is 3.75. The van der Waals surface area contributed by atoms with Crippen LogP contribution in [-0.4, -0.2) is 23.0 Å². The zero-order valence-electron chi connectivity index (χ0n) is 14.1. The fraction of sp³-hybridized carbons (Fsp3) is 0.118. The van der Waals surface area contributed by atoms with Crippen LogP contribution in [0.1, 0.15) is 5.82 Å². The van der Waals surface area contributed by atoms with Gasteiger partial charge < -0.3 is 4.42 Å². The molecule has 0 unspecified atom stereocenters. The van der Waals surface area contributed by atoms with Crippen molar-refractivity contribution < 1.29 is 12.8 Å². The van der Waals surface area contributed by atoms with Gasteiger partial charge in [-0.1, -0.05) is 12.1 Å². The number of nitrogens with one attached hydrogen (secondary N) is 2. The van der Waals surface area contributed by atoms with Crippen molar-refractivity contribution in [2.45, 2.75) is 11.4 Å². The molecule has 4 rings (SSSR count). The first-order chi connectivity index (χ1) is 12.8. The van der Waals surface area contributed by atoms with Gasteiger partial charge in [-0.2, -0.15) is 0 Å². The topological polar surface area (TPSA) is 127 Å². The van der Waals surface area contributed by atoms with Crippen molar-refractivity contribution in [3.63, 3.8) is 0 Å². The summed E-state index contributed by atoms with van der Waals surface area (Å²) < 4.78 is 33.7. The summed E-state index contributed by atoms with van der Waals surface area (Å²) in [4.78, 5) is 30.3. The van der Waals surface area contributed by atoms with Crippen molar-refractivity contribution in [1.82, 2.24) is 19.3 Å². The highest BCUT2D eigenvalue weighted by Gasteiger charge is 2.17. The normalized spacial score (nSPS) is 12.0. The zero-order valence-corrected chi connectivity index (χ0v) is 14.9. The molecule has 4 aromatic rings. The van der Waals surface area contributed by atoms with Gasteiger partial charge in [-0.05, 0) is 24.3 Å². The van der Waals surface area contributed by atoms with E-state index in [4.69, 9.17) is 4.42 Å². The molecule has 2 N–H and O–H groups in total. The number of hydrogen-bond donors (Lipinski definition) is 2. The van der Waals surface area contributed by atoms with Crippen molar-refractivity contribution >= 4 is 32.0 Å². The van der Waals surface area contributed by atoms with Gasteiger partial charge in [0.15, 0.2) is 5.58 Å². The van der Waals surface area contributed by atoms with Gasteiger partial charge in [0, 0.05) is 13.1 Å². The molecule has 0 aliphatic heterocycles. The van der Waals surface area contributed by atoms with Gasteiger partial charge in [0.2, 0.25) is 10.0 Å². The van der Waals surface area contributed by atoms with Crippen LogP contribution in [0.25, 0.3) is 22.0 Å². The Bertz CT molecular complexity index is 1400. The molecule has 0 atom stereocenters. The Morgan fingerprint density at radius 2 is 1.96 bits per heavy atom. The van der Waals surface area contributed by atoms with E-state index in [-0.39, 0.29) is 28.4 Å². The first-order valence-electron chi connectivity index (χ1n) is 7.92. The van der Waals surface area contributed by atoms with Crippen molar-refractivity contribution in [2.24, 2.45) is 7.05 Å². The number of rotatable bonds is 4. The van der Waals surface area contributed by atoms with E-state index in [2.05, 4.69) is 14.7 Å². The molecule has 2 aromatic carbocycles. The molecule has 27 heavy (non-hydrogen) atoms. The Hall–Kier alpha value is -3.24. The van der Waals surface area contributed by atoms with E-state index in [1.807, 2.05) is 0 Å². The minimum atomic E-state index is -3.90. The summed E-state index contributed by atoms with van der Waals surface area (Å²) in [6, 6.07) is 10.9. The van der Waals surface area contributed by atoms with Crippen LogP contribution >= 0.6 is 0 Å². The molecule has 0 fully saturated rings. The van der Waals surface area contributed by atoms with E-state index in [9.17, 15) is 18.0 Å². The first-order valence-corrected chi connectivity index (χ1v) is 9.41. The number of H-pyrrole nitrogens is 1. The third kappa shape index (κ3) is 3.04. The Balaban J connectivity index is 1.67. The van der Waals surface area contributed by atoms with Crippen molar-refractivity contribution in [2.75, 3.05) is 0 Å². The van der Waals surface area contributed by atoms with E-state index in [0.29, 0.717) is 16.4 Å². The van der Waals surface area contributed by atoms with Crippen molar-refractivity contribution in [1.29, 1.82) is 0 Å². The third-order valence-corrected chi connectivity index (χ3v) is 5.60. The van der Waals surface area contributed by atoms with Crippen LogP contribution in [0.15, 0.2) is 61.4 Å². The molecule has 0 radical (unpaired) electrons. The van der Waals surface area contributed by atoms with E-state index < -0.39 is 15.8 Å². The Kier molecular flexibility index (Phi) is 3.93. The smallest absolute Gasteiger partial charge is 0.408 e. The molecule has 0 amide bonds. The zero-order chi connectivity index (χ0) is 19.2. The second-order valence-electron chi connectivity index (χ2n) is 5.91. The lowest BCUT2D eigenvalue weighted by molar-refractivity contribution is 0.553. The monoisotopic (exact) mass is 386 g/mol. The number of para-hydroxylation sites is 1. The van der Waals surface area contributed by atoms with Gasteiger partial charge in [-0.3, -0.25) is 14.3 Å². The summed E-state index contributed by atoms with van der Waals surface area (Å²) in [5.74, 6) is -0.389. The molecule has 2 aromatic heterocycles. The second-order valence-corrected chi connectivity index (χ2v) is 7.67. The van der Waals surface area contributed by atoms with Gasteiger partial charge in [-0.25, -0.2) is 22.9 Å². The molecule has 0 saturated heterocycles. The first kappa shape index (κ1) is 17.2. The second kappa shape index (κ2) is 6.18. The highest BCUT2D eigenvalue weighted by Crippen LogP contribution is 2.17. The van der Waals surface area contributed by atoms with Crippen LogP contribution in [0.2, 0.25) is 0 Å². The number of benzene rings is 2. The summed E-state index contributed by atoms with van der Waals surface area (Å²) in [6.07, 6.45) is 0. The highest BCUT2D eigenvalue weighted by molar-refractivity contribution is 7.89. The van der Waals surface area contributed by atoms with Crippen LogP contribution < -0.4 is 16.0 Å². The van der Waals surface area contributed by atoms with Crippen LogP contribution in [0.5, 0.6) is 0 Å². The number of fused-ring (bicyclic) bond motifs is 2. The summed E-state index contributed by atoms with van der Waals surface area (Å²) >= 11 is 0. The van der Waals surface area contributed by atoms with Gasteiger partial charge in [0.05, 0.1) is 27.9 Å². The molecule has 0 aliphatic carbocycles. The number of oxazole rings is 1. The lowest BCUT2D eigenvalue weighted by atomic mass is 10.2. The van der Waals surface area contributed by atoms with Crippen LogP contribution in [0.3, 0.4) is 0 Å². The number of aromatic nitrogens is 3. The lowest BCUT2D eigenvalue weighted by Gasteiger charge is -2.11. The Morgan fingerprint density at radius 3 is 2.78 bits per heavy atom. The van der Waals surface area contributed by atoms with E-state index in [1.54, 1.807) is 24.3 Å². The summed E-state index contributed by atoms with van der Waals surface area (Å²) in [6.45, 7) is -0.173. The summed E-state index contributed by atoms with van der Waals surface area (Å²) in [5, 5.41) is 0.458. The standard InChI is InChI=1S/C17H14N4O5S/c1-21-15(19-12-5-3-2-4-11(12)16(21)22)9-18-27(24,25)10-6-7-13-14(8-10)26-17(23)20-13/h2-8,18H,9H2,1H3,(H,20,23). The lowest BCUT2D eigenvalue weighted by Crippen LogP contribution is -2.29. The third-order valence-electron chi connectivity index (χ3n) is 4.20. The SMILES string of the molecule is Cn1c(CNS(=O)(=O)c2ccc3[nH]c(=O)oc3c2)nc2ccccc2c1=O. The fourth-order valence-electron chi connectivity index (χ4n) is 2.76. The molecule has 138 valence electrons. The average molecular weight is 386 g/mol. The largest absolute Gasteiger partial charge is 0.417 e.